The predicted molar refractivity (Wildman–Crippen MR) is 73.7 cm³/mol. The molecule has 1 spiro atoms. The molecule has 1 aromatic carbocycles. The zero-order chi connectivity index (χ0) is 13.1. The monoisotopic (exact) mass is 256 g/mol. The molecular weight excluding hydrogens is 236 g/mol. The molecule has 1 saturated carbocycles. The summed E-state index contributed by atoms with van der Waals surface area (Å²) in [5.41, 5.74) is 2.04. The van der Waals surface area contributed by atoms with E-state index in [4.69, 9.17) is 10.00 Å². The van der Waals surface area contributed by atoms with Crippen LogP contribution in [-0.2, 0) is 4.74 Å². The lowest BCUT2D eigenvalue weighted by molar-refractivity contribution is -0.0466. The molecule has 1 N–H and O–H groups in total. The Morgan fingerprint density at radius 3 is 2.79 bits per heavy atom. The fourth-order valence-electron chi connectivity index (χ4n) is 3.25. The fraction of sp³-hybridized carbons (Fsp3) is 0.562. The first-order valence-electron chi connectivity index (χ1n) is 7.18. The first kappa shape index (κ1) is 12.7. The second kappa shape index (κ2) is 5.32. The number of ether oxygens (including phenoxy) is 1. The molecule has 1 aliphatic carbocycles. The topological polar surface area (TPSA) is 45.0 Å². The van der Waals surface area contributed by atoms with Crippen LogP contribution in [0.3, 0.4) is 0 Å². The van der Waals surface area contributed by atoms with Crippen molar-refractivity contribution in [2.45, 2.75) is 43.7 Å². The zero-order valence-electron chi connectivity index (χ0n) is 11.2. The molecule has 0 amide bonds. The molecular formula is C16H20N2O. The van der Waals surface area contributed by atoms with Gasteiger partial charge in [0.1, 0.15) is 0 Å². The van der Waals surface area contributed by atoms with E-state index in [1.54, 1.807) is 0 Å². The summed E-state index contributed by atoms with van der Waals surface area (Å²) in [7, 11) is 0. The van der Waals surface area contributed by atoms with Gasteiger partial charge in [-0.3, -0.25) is 0 Å². The molecule has 1 unspecified atom stereocenters. The largest absolute Gasteiger partial charge is 0.370 e. The minimum Gasteiger partial charge on any atom is -0.370 e. The number of benzene rings is 1. The van der Waals surface area contributed by atoms with Crippen LogP contribution in [0.4, 0.5) is 0 Å². The highest BCUT2D eigenvalue weighted by Gasteiger charge is 2.36. The minimum atomic E-state index is 0.0841. The van der Waals surface area contributed by atoms with Crippen LogP contribution in [0.15, 0.2) is 24.3 Å². The van der Waals surface area contributed by atoms with Crippen LogP contribution in [-0.4, -0.2) is 18.7 Å². The van der Waals surface area contributed by atoms with E-state index in [1.165, 1.54) is 32.1 Å². The molecule has 1 heterocycles. The van der Waals surface area contributed by atoms with Crippen molar-refractivity contribution in [2.24, 2.45) is 0 Å². The van der Waals surface area contributed by atoms with Crippen LogP contribution < -0.4 is 5.32 Å². The van der Waals surface area contributed by atoms with Crippen molar-refractivity contribution in [1.29, 1.82) is 5.26 Å². The summed E-state index contributed by atoms with van der Waals surface area (Å²) in [6.07, 6.45) is 6.53. The Kier molecular flexibility index (Phi) is 3.54. The van der Waals surface area contributed by atoms with Gasteiger partial charge in [0.05, 0.1) is 24.3 Å². The van der Waals surface area contributed by atoms with Crippen LogP contribution >= 0.6 is 0 Å². The van der Waals surface area contributed by atoms with Crippen LogP contribution in [0.2, 0.25) is 0 Å². The molecule has 3 heteroatoms. The summed E-state index contributed by atoms with van der Waals surface area (Å²) >= 11 is 0. The van der Waals surface area contributed by atoms with Crippen LogP contribution in [0.1, 0.15) is 49.3 Å². The molecule has 100 valence electrons. The third-order valence-electron chi connectivity index (χ3n) is 4.42. The van der Waals surface area contributed by atoms with Gasteiger partial charge in [0, 0.05) is 12.1 Å². The standard InChI is InChI=1S/C16H20N2O/c17-10-13-5-4-6-14(9-13)15-11-18-16(12-19-15)7-2-1-3-8-16/h4-6,9,15,18H,1-3,7-8,11-12H2. The SMILES string of the molecule is N#Cc1cccc(C2CNC3(CCCCC3)CO2)c1. The van der Waals surface area contributed by atoms with Gasteiger partial charge in [-0.25, -0.2) is 0 Å². The van der Waals surface area contributed by atoms with Gasteiger partial charge in [-0.15, -0.1) is 0 Å². The van der Waals surface area contributed by atoms with Crippen molar-refractivity contribution in [3.05, 3.63) is 35.4 Å². The van der Waals surface area contributed by atoms with Gasteiger partial charge in [0.25, 0.3) is 0 Å². The Labute approximate surface area is 114 Å². The summed E-state index contributed by atoms with van der Waals surface area (Å²) in [6.45, 7) is 1.66. The molecule has 2 aliphatic rings. The number of morpholine rings is 1. The molecule has 0 radical (unpaired) electrons. The van der Waals surface area contributed by atoms with Gasteiger partial charge in [-0.05, 0) is 30.5 Å². The summed E-state index contributed by atoms with van der Waals surface area (Å²) in [4.78, 5) is 0. The van der Waals surface area contributed by atoms with Crippen molar-refractivity contribution in [1.82, 2.24) is 5.32 Å². The maximum absolute atomic E-state index is 8.95. The average molecular weight is 256 g/mol. The third kappa shape index (κ3) is 2.65. The normalized spacial score (nSPS) is 25.9. The van der Waals surface area contributed by atoms with Crippen LogP contribution in [0, 0.1) is 11.3 Å². The van der Waals surface area contributed by atoms with Gasteiger partial charge < -0.3 is 10.1 Å². The smallest absolute Gasteiger partial charge is 0.0991 e. The molecule has 0 aromatic heterocycles. The van der Waals surface area contributed by atoms with E-state index in [1.807, 2.05) is 24.3 Å². The summed E-state index contributed by atoms with van der Waals surface area (Å²) in [6, 6.07) is 9.94. The Morgan fingerprint density at radius 1 is 1.26 bits per heavy atom. The molecule has 1 aromatic rings. The molecule has 3 rings (SSSR count). The van der Waals surface area contributed by atoms with Crippen LogP contribution in [0.5, 0.6) is 0 Å². The second-order valence-electron chi connectivity index (χ2n) is 5.76. The van der Waals surface area contributed by atoms with Gasteiger partial charge in [-0.1, -0.05) is 31.4 Å². The molecule has 1 saturated heterocycles. The Hall–Kier alpha value is -1.37. The number of hydrogen-bond acceptors (Lipinski definition) is 3. The lowest BCUT2D eigenvalue weighted by Crippen LogP contribution is -2.55. The van der Waals surface area contributed by atoms with Crippen molar-refractivity contribution >= 4 is 0 Å². The van der Waals surface area contributed by atoms with Crippen molar-refractivity contribution in [3.8, 4) is 6.07 Å². The van der Waals surface area contributed by atoms with Gasteiger partial charge in [-0.2, -0.15) is 5.26 Å². The number of hydrogen-bond donors (Lipinski definition) is 1. The van der Waals surface area contributed by atoms with Crippen molar-refractivity contribution in [3.63, 3.8) is 0 Å². The van der Waals surface area contributed by atoms with Crippen molar-refractivity contribution < 1.29 is 4.74 Å². The molecule has 3 nitrogen and oxygen atoms in total. The van der Waals surface area contributed by atoms with E-state index in [0.29, 0.717) is 5.56 Å². The lowest BCUT2D eigenvalue weighted by Gasteiger charge is -2.43. The average Bonchev–Trinajstić information content (AvgIpc) is 2.49. The van der Waals surface area contributed by atoms with E-state index < -0.39 is 0 Å². The lowest BCUT2D eigenvalue weighted by atomic mass is 9.81. The Balaban J connectivity index is 1.68. The van der Waals surface area contributed by atoms with Crippen molar-refractivity contribution in [2.75, 3.05) is 13.2 Å². The number of nitrogens with one attached hydrogen (secondary N) is 1. The molecule has 1 atom stereocenters. The summed E-state index contributed by atoms with van der Waals surface area (Å²) in [5.74, 6) is 0. The van der Waals surface area contributed by atoms with Gasteiger partial charge >= 0.3 is 0 Å². The summed E-state index contributed by atoms with van der Waals surface area (Å²) < 4.78 is 6.08. The van der Waals surface area contributed by atoms with Crippen LogP contribution in [0.25, 0.3) is 0 Å². The molecule has 1 aliphatic heterocycles. The van der Waals surface area contributed by atoms with E-state index >= 15 is 0 Å². The summed E-state index contributed by atoms with van der Waals surface area (Å²) in [5, 5.41) is 12.7. The minimum absolute atomic E-state index is 0.0841. The third-order valence-corrected chi connectivity index (χ3v) is 4.42. The highest BCUT2D eigenvalue weighted by atomic mass is 16.5. The first-order valence-corrected chi connectivity index (χ1v) is 7.18. The number of nitriles is 1. The molecule has 2 fully saturated rings. The number of nitrogens with zero attached hydrogens (tertiary/aromatic N) is 1. The number of rotatable bonds is 1. The van der Waals surface area contributed by atoms with E-state index in [2.05, 4.69) is 11.4 Å². The molecule has 0 bridgehead atoms. The van der Waals surface area contributed by atoms with Gasteiger partial charge in [0.15, 0.2) is 0 Å². The maximum Gasteiger partial charge on any atom is 0.0991 e. The molecule has 19 heavy (non-hydrogen) atoms. The Morgan fingerprint density at radius 2 is 2.11 bits per heavy atom. The highest BCUT2D eigenvalue weighted by Crippen LogP contribution is 2.33. The second-order valence-corrected chi connectivity index (χ2v) is 5.76. The van der Waals surface area contributed by atoms with Gasteiger partial charge in [0.2, 0.25) is 0 Å². The first-order chi connectivity index (χ1) is 9.31. The highest BCUT2D eigenvalue weighted by molar-refractivity contribution is 5.34. The fourth-order valence-corrected chi connectivity index (χ4v) is 3.25. The quantitative estimate of drug-likeness (QED) is 0.840. The van der Waals surface area contributed by atoms with E-state index in [-0.39, 0.29) is 11.6 Å². The predicted octanol–water partition coefficient (Wildman–Crippen LogP) is 2.92. The Bertz CT molecular complexity index is 476. The van der Waals surface area contributed by atoms with E-state index in [9.17, 15) is 0 Å². The maximum atomic E-state index is 8.95. The zero-order valence-corrected chi connectivity index (χ0v) is 11.2. The van der Waals surface area contributed by atoms with E-state index in [0.717, 1.165) is 18.7 Å².